The molecule has 1 saturated carbocycles. The molecule has 0 aromatic heterocycles. The van der Waals surface area contributed by atoms with Crippen molar-refractivity contribution < 1.29 is 22.2 Å². The van der Waals surface area contributed by atoms with Gasteiger partial charge in [-0.1, -0.05) is 0 Å². The number of carbonyl (C=O) groups is 1. The van der Waals surface area contributed by atoms with E-state index in [1.807, 2.05) is 0 Å². The van der Waals surface area contributed by atoms with Gasteiger partial charge in [0, 0.05) is 0 Å². The molecule has 2 nitrogen and oxygen atoms in total. The third-order valence-corrected chi connectivity index (χ3v) is 16.8. The van der Waals surface area contributed by atoms with Crippen molar-refractivity contribution in [3.63, 3.8) is 0 Å². The van der Waals surface area contributed by atoms with E-state index >= 15 is 0 Å². The van der Waals surface area contributed by atoms with Crippen molar-refractivity contribution in [3.05, 3.63) is 53.6 Å². The van der Waals surface area contributed by atoms with E-state index in [-0.39, 0.29) is 5.92 Å². The van der Waals surface area contributed by atoms with Gasteiger partial charge in [-0.2, -0.15) is 0 Å². The van der Waals surface area contributed by atoms with E-state index in [9.17, 15) is 4.79 Å². The quantitative estimate of drug-likeness (QED) is 0.659. The molecule has 2 aromatic rings. The van der Waals surface area contributed by atoms with Crippen molar-refractivity contribution >= 4 is 16.4 Å². The first kappa shape index (κ1) is 18.2. The third kappa shape index (κ3) is 3.49. The molecule has 1 amide bonds. The monoisotopic (exact) mass is 398 g/mol. The molecule has 2 aliphatic rings. The molecule has 0 saturated heterocycles. The fourth-order valence-corrected chi connectivity index (χ4v) is 13.6. The van der Waals surface area contributed by atoms with Gasteiger partial charge in [-0.25, -0.2) is 0 Å². The van der Waals surface area contributed by atoms with Crippen LogP contribution in [-0.4, -0.2) is 12.6 Å². The molecule has 26 heavy (non-hydrogen) atoms. The molecule has 1 fully saturated rings. The predicted molar refractivity (Wildman–Crippen MR) is 108 cm³/mol. The number of fused-ring (bicyclic) bond motifs is 3. The second kappa shape index (κ2) is 7.84. The summed E-state index contributed by atoms with van der Waals surface area (Å²) in [5.74, 6) is 0.641. The average molecular weight is 398 g/mol. The van der Waals surface area contributed by atoms with E-state index in [2.05, 4.69) is 59.4 Å². The van der Waals surface area contributed by atoms with E-state index in [4.69, 9.17) is 0 Å². The Morgan fingerprint density at radius 3 is 2.50 bits per heavy atom. The number of hydrogen-bond acceptors (Lipinski definition) is 1. The molecule has 4 rings (SSSR count). The zero-order valence-electron chi connectivity index (χ0n) is 15.8. The first-order valence-electron chi connectivity index (χ1n) is 10.0. The fourth-order valence-electron chi connectivity index (χ4n) is 4.53. The number of amides is 1. The van der Waals surface area contributed by atoms with Gasteiger partial charge in [0.1, 0.15) is 0 Å². The van der Waals surface area contributed by atoms with Crippen molar-refractivity contribution in [1.29, 1.82) is 0 Å². The summed E-state index contributed by atoms with van der Waals surface area (Å²) in [6.45, 7) is 3.94. The summed E-state index contributed by atoms with van der Waals surface area (Å²) >= 11 is -1.76. The molecular formula is C22H28NOSiTi. The second-order valence-electron chi connectivity index (χ2n) is 8.06. The Hall–Kier alpha value is -1.16. The van der Waals surface area contributed by atoms with Crippen LogP contribution in [0.1, 0.15) is 43.2 Å². The standard InChI is InChI=1S/C13H9.C7H13NO.C2H7Si.Ti/c1-3-7-12-10(5-1)9-11-6-2-4-8-13(11)12;8-7(9)6-4-2-1-3-5-6;1-3-2;/h1-5,7-8H,9H2;6H,1-5H2,(H2,8,9);3H,1-2H3;/q;;;+1/p-1. The summed E-state index contributed by atoms with van der Waals surface area (Å²) in [6.07, 6.45) is 6.98. The van der Waals surface area contributed by atoms with Crippen molar-refractivity contribution in [2.75, 3.05) is 0 Å². The van der Waals surface area contributed by atoms with Crippen LogP contribution < -0.4 is 7.67 Å². The van der Waals surface area contributed by atoms with E-state index in [0.29, 0.717) is 5.91 Å². The van der Waals surface area contributed by atoms with Crippen LogP contribution in [0.4, 0.5) is 0 Å². The second-order valence-corrected chi connectivity index (χ2v) is 20.7. The molecule has 2 aromatic carbocycles. The third-order valence-electron chi connectivity index (χ3n) is 5.95. The topological polar surface area (TPSA) is 29.1 Å². The molecule has 4 heteroatoms. The summed E-state index contributed by atoms with van der Waals surface area (Å²) in [7, 11) is 0. The molecule has 1 N–H and O–H groups in total. The molecule has 0 unspecified atom stereocenters. The van der Waals surface area contributed by atoms with Crippen LogP contribution in [0.5, 0.6) is 0 Å². The van der Waals surface area contributed by atoms with Gasteiger partial charge in [-0.15, -0.1) is 0 Å². The Bertz CT molecular complexity index is 814. The summed E-state index contributed by atoms with van der Waals surface area (Å²) < 4.78 is 5.18. The van der Waals surface area contributed by atoms with Gasteiger partial charge < -0.3 is 0 Å². The maximum absolute atomic E-state index is 13.0. The van der Waals surface area contributed by atoms with Gasteiger partial charge >= 0.3 is 165 Å². The van der Waals surface area contributed by atoms with Crippen molar-refractivity contribution in [3.8, 4) is 11.1 Å². The predicted octanol–water partition coefficient (Wildman–Crippen LogP) is 4.10. The zero-order chi connectivity index (χ0) is 18.1. The van der Waals surface area contributed by atoms with Gasteiger partial charge in [-0.3, -0.25) is 0 Å². The molecule has 0 bridgehead atoms. The van der Waals surface area contributed by atoms with Crippen molar-refractivity contribution in [1.82, 2.24) is 3.80 Å². The van der Waals surface area contributed by atoms with E-state index in [1.54, 1.807) is 0 Å². The van der Waals surface area contributed by atoms with E-state index < -0.39 is 24.0 Å². The summed E-state index contributed by atoms with van der Waals surface area (Å²) in [5, 5.41) is 0. The Labute approximate surface area is 164 Å². The summed E-state index contributed by atoms with van der Waals surface area (Å²) in [6, 6.07) is 15.6. The van der Waals surface area contributed by atoms with Gasteiger partial charge in [-0.05, 0) is 0 Å². The van der Waals surface area contributed by atoms with Crippen LogP contribution in [0.2, 0.25) is 13.1 Å². The van der Waals surface area contributed by atoms with Crippen molar-refractivity contribution in [2.45, 2.75) is 51.6 Å². The Morgan fingerprint density at radius 2 is 1.73 bits per heavy atom. The first-order chi connectivity index (χ1) is 12.6. The molecular weight excluding hydrogens is 370 g/mol. The minimum absolute atomic E-state index is 0.271. The molecule has 0 aliphatic heterocycles. The zero-order valence-corrected chi connectivity index (χ0v) is 18.6. The molecule has 0 radical (unpaired) electrons. The van der Waals surface area contributed by atoms with Crippen LogP contribution >= 0.6 is 0 Å². The molecule has 2 aliphatic carbocycles. The van der Waals surface area contributed by atoms with Gasteiger partial charge in [0.25, 0.3) is 0 Å². The summed E-state index contributed by atoms with van der Waals surface area (Å²) in [5.41, 5.74) is 5.75. The van der Waals surface area contributed by atoms with Crippen LogP contribution in [0, 0.1) is 5.92 Å². The van der Waals surface area contributed by atoms with Gasteiger partial charge in [0.2, 0.25) is 0 Å². The number of benzene rings is 2. The Balaban J connectivity index is 1.63. The molecule has 0 spiro atoms. The van der Waals surface area contributed by atoms with E-state index in [1.165, 1.54) is 45.4 Å². The van der Waals surface area contributed by atoms with E-state index in [0.717, 1.165) is 19.3 Å². The number of rotatable bonds is 4. The number of carbonyl (C=O) groups excluding carboxylic acids is 1. The normalized spacial score (nSPS) is 16.3. The van der Waals surface area contributed by atoms with Crippen LogP contribution in [-0.2, 0) is 28.6 Å². The Kier molecular flexibility index (Phi) is 5.49. The molecule has 0 atom stereocenters. The minimum atomic E-state index is -1.76. The average Bonchev–Trinajstić information content (AvgIpc) is 3.05. The van der Waals surface area contributed by atoms with Gasteiger partial charge in [0.05, 0.1) is 0 Å². The van der Waals surface area contributed by atoms with Crippen LogP contribution in [0.3, 0.4) is 0 Å². The molecule has 135 valence electrons. The van der Waals surface area contributed by atoms with Crippen LogP contribution in [0.15, 0.2) is 42.5 Å². The van der Waals surface area contributed by atoms with Gasteiger partial charge in [0.15, 0.2) is 0 Å². The summed E-state index contributed by atoms with van der Waals surface area (Å²) in [4.78, 5) is 13.0. The fraction of sp³-hybridized carbons (Fsp3) is 0.409. The Morgan fingerprint density at radius 1 is 1.00 bits per heavy atom. The number of nitrogens with one attached hydrogen (secondary N) is 1. The SMILES string of the molecule is C[SiH](C)[Ti]([NH]C(=O)C1CCCCC1)[c]1cccc2c1Cc1ccccc1-2. The van der Waals surface area contributed by atoms with Crippen LogP contribution in [0.25, 0.3) is 11.1 Å². The first-order valence-corrected chi connectivity index (χ1v) is 17.2. The van der Waals surface area contributed by atoms with Crippen molar-refractivity contribution in [2.24, 2.45) is 5.92 Å². The number of hydrogen-bond donors (Lipinski definition) is 1. The maximum atomic E-state index is 13.0. The molecule has 0 heterocycles.